The van der Waals surface area contributed by atoms with E-state index in [0.717, 1.165) is 26.2 Å². The molecule has 75 heavy (non-hydrogen) atoms. The largest absolute Gasteiger partial charge is 0.346 e. The fraction of sp³-hybridized carbons (Fsp3) is 0.164. The van der Waals surface area contributed by atoms with Gasteiger partial charge in [-0.1, -0.05) is 243 Å². The van der Waals surface area contributed by atoms with E-state index < -0.39 is 5.41 Å². The molecule has 0 aliphatic carbocycles. The van der Waals surface area contributed by atoms with Gasteiger partial charge in [0.1, 0.15) is 30.1 Å². The molecule has 1 spiro atoms. The molecule has 8 heteroatoms. The SMILES string of the molecule is c1ccc(C2=C(c3ccccc3)N3CN4C(c5ccccc5)=C(c5ccccc5)N5CCN6C(c7ccccc7)=C(c7ccccc7)N7CN8C(c9ccccc9)=C(c9ccccc9)N9CCN2C3C(C54)(C98)C67)cc1. The fourth-order valence-corrected chi connectivity index (χ4v) is 15.2. The average molecular weight is 973 g/mol. The minimum absolute atomic E-state index is 0.0935. The van der Waals surface area contributed by atoms with Gasteiger partial charge in [-0.05, 0) is 0 Å². The third kappa shape index (κ3) is 5.93. The van der Waals surface area contributed by atoms with Crippen LogP contribution in [0, 0.1) is 5.41 Å². The Labute approximate surface area is 439 Å². The topological polar surface area (TPSA) is 25.9 Å². The predicted octanol–water partition coefficient (Wildman–Crippen LogP) is 11.8. The Morgan fingerprint density at radius 2 is 0.347 bits per heavy atom. The molecule has 16 rings (SSSR count). The molecule has 4 saturated heterocycles. The van der Waals surface area contributed by atoms with E-state index in [1.807, 2.05) is 0 Å². The standard InChI is InChI=1S/C67H56N8/c1-9-25-47(26-10-1)55-59(51-33-17-5-18-34-51)72-45-73-60(52-35-19-6-20-36-52)57(49-29-13-3-14-30-49)70-43-44-71-58(50-31-15-4-16-32-50)62(54-39-23-8-24-40-54)75-46-74-61(53-37-21-7-22-38-53)56(48-27-11-2-12-28-48)69-42-41-68(55)63(72)67(64(69)74,65(70)73)66(71)75/h1-40,63-66H,41-46H2. The summed E-state index contributed by atoms with van der Waals surface area (Å²) in [5.41, 5.74) is 19.8. The normalized spacial score (nSPS) is 24.1. The van der Waals surface area contributed by atoms with Gasteiger partial charge >= 0.3 is 0 Å². The van der Waals surface area contributed by atoms with Crippen molar-refractivity contribution in [3.05, 3.63) is 287 Å². The van der Waals surface area contributed by atoms with Crippen LogP contribution in [-0.2, 0) is 0 Å². The Morgan fingerprint density at radius 1 is 0.200 bits per heavy atom. The molecule has 8 aromatic carbocycles. The maximum Gasteiger partial charge on any atom is 0.126 e. The summed E-state index contributed by atoms with van der Waals surface area (Å²) in [7, 11) is 0. The zero-order valence-corrected chi connectivity index (χ0v) is 41.7. The molecule has 0 radical (unpaired) electrons. The smallest absolute Gasteiger partial charge is 0.126 e. The lowest BCUT2D eigenvalue weighted by atomic mass is 9.69. The Balaban J connectivity index is 1.07. The van der Waals surface area contributed by atoms with E-state index >= 15 is 0 Å². The summed E-state index contributed by atoms with van der Waals surface area (Å²) in [5.74, 6) is 0. The summed E-state index contributed by atoms with van der Waals surface area (Å²) in [6.07, 6.45) is -0.374. The molecule has 8 nitrogen and oxygen atoms in total. The summed E-state index contributed by atoms with van der Waals surface area (Å²) < 4.78 is 0. The molecule has 4 unspecified atom stereocenters. The number of benzene rings is 8. The average Bonchev–Trinajstić information content (AvgIpc) is 4.18. The van der Waals surface area contributed by atoms with Gasteiger partial charge in [0.2, 0.25) is 0 Å². The molecular formula is C67H56N8. The lowest BCUT2D eigenvalue weighted by Crippen LogP contribution is -2.83. The van der Waals surface area contributed by atoms with Crippen LogP contribution >= 0.6 is 0 Å². The van der Waals surface area contributed by atoms with Crippen LogP contribution in [0.3, 0.4) is 0 Å². The molecule has 8 aliphatic heterocycles. The highest BCUT2D eigenvalue weighted by Crippen LogP contribution is 2.69. The van der Waals surface area contributed by atoms with Gasteiger partial charge in [0.05, 0.1) is 58.9 Å². The second-order valence-corrected chi connectivity index (χ2v) is 21.1. The Kier molecular flexibility index (Phi) is 9.41. The quantitative estimate of drug-likeness (QED) is 0.149. The third-order valence-corrected chi connectivity index (χ3v) is 17.5. The third-order valence-electron chi connectivity index (χ3n) is 17.5. The van der Waals surface area contributed by atoms with Crippen molar-refractivity contribution in [3.63, 3.8) is 0 Å². The number of nitrogens with zero attached hydrogens (tertiary/aromatic N) is 8. The van der Waals surface area contributed by atoms with Crippen LogP contribution in [0.25, 0.3) is 45.6 Å². The van der Waals surface area contributed by atoms with E-state index in [2.05, 4.69) is 282 Å². The Morgan fingerprint density at radius 3 is 0.507 bits per heavy atom. The van der Waals surface area contributed by atoms with Crippen molar-refractivity contribution in [2.45, 2.75) is 24.7 Å². The van der Waals surface area contributed by atoms with Crippen molar-refractivity contribution in [2.24, 2.45) is 5.41 Å². The van der Waals surface area contributed by atoms with E-state index in [4.69, 9.17) is 0 Å². The minimum atomic E-state index is -0.607. The summed E-state index contributed by atoms with van der Waals surface area (Å²) >= 11 is 0. The molecular weight excluding hydrogens is 917 g/mol. The number of hydrogen-bond acceptors (Lipinski definition) is 8. The van der Waals surface area contributed by atoms with Crippen molar-refractivity contribution in [1.82, 2.24) is 39.2 Å². The highest BCUT2D eigenvalue weighted by molar-refractivity contribution is 5.98. The molecule has 4 fully saturated rings. The highest BCUT2D eigenvalue weighted by atomic mass is 15.7. The molecule has 0 amide bonds. The van der Waals surface area contributed by atoms with Crippen molar-refractivity contribution in [1.29, 1.82) is 0 Å². The van der Waals surface area contributed by atoms with Crippen LogP contribution in [0.4, 0.5) is 0 Å². The highest BCUT2D eigenvalue weighted by Gasteiger charge is 2.79. The van der Waals surface area contributed by atoms with Crippen LogP contribution in [0.2, 0.25) is 0 Å². The maximum atomic E-state index is 2.91. The van der Waals surface area contributed by atoms with Gasteiger partial charge in [0.25, 0.3) is 0 Å². The molecule has 0 N–H and O–H groups in total. The second kappa shape index (κ2) is 16.6. The van der Waals surface area contributed by atoms with Crippen molar-refractivity contribution in [3.8, 4) is 0 Å². The van der Waals surface area contributed by atoms with Crippen molar-refractivity contribution < 1.29 is 0 Å². The van der Waals surface area contributed by atoms with E-state index in [1.54, 1.807) is 0 Å². The van der Waals surface area contributed by atoms with Gasteiger partial charge in [-0.2, -0.15) is 0 Å². The van der Waals surface area contributed by atoms with Crippen LogP contribution in [0.1, 0.15) is 44.5 Å². The summed E-state index contributed by atoms with van der Waals surface area (Å²) in [4.78, 5) is 23.2. The first-order valence-corrected chi connectivity index (χ1v) is 26.8. The van der Waals surface area contributed by atoms with Gasteiger partial charge in [0, 0.05) is 70.7 Å². The van der Waals surface area contributed by atoms with Gasteiger partial charge in [0.15, 0.2) is 0 Å². The van der Waals surface area contributed by atoms with E-state index in [9.17, 15) is 0 Å². The van der Waals surface area contributed by atoms with Crippen LogP contribution in [0.15, 0.2) is 243 Å². The summed E-state index contributed by atoms with van der Waals surface area (Å²) in [6, 6.07) is 90.8. The molecule has 8 aliphatic rings. The Bertz CT molecular complexity index is 3120. The first-order valence-electron chi connectivity index (χ1n) is 26.8. The number of rotatable bonds is 8. The maximum absolute atomic E-state index is 2.91. The first-order chi connectivity index (χ1) is 37.3. The van der Waals surface area contributed by atoms with Crippen LogP contribution in [0.5, 0.6) is 0 Å². The lowest BCUT2D eigenvalue weighted by molar-refractivity contribution is -0.228. The Hall–Kier alpha value is -8.88. The van der Waals surface area contributed by atoms with E-state index in [0.29, 0.717) is 13.3 Å². The zero-order chi connectivity index (χ0) is 49.2. The van der Waals surface area contributed by atoms with Crippen molar-refractivity contribution in [2.75, 3.05) is 39.5 Å². The molecule has 0 bridgehead atoms. The summed E-state index contributed by atoms with van der Waals surface area (Å²) in [6.45, 7) is 4.75. The first kappa shape index (κ1) is 42.6. The van der Waals surface area contributed by atoms with Gasteiger partial charge < -0.3 is 39.2 Å². The van der Waals surface area contributed by atoms with Gasteiger partial charge in [-0.15, -0.1) is 0 Å². The van der Waals surface area contributed by atoms with E-state index in [-0.39, 0.29) is 24.7 Å². The lowest BCUT2D eigenvalue weighted by Gasteiger charge is -2.67. The molecule has 0 aromatic heterocycles. The molecule has 8 aromatic rings. The van der Waals surface area contributed by atoms with Crippen LogP contribution < -0.4 is 0 Å². The fourth-order valence-electron chi connectivity index (χ4n) is 15.2. The van der Waals surface area contributed by atoms with Crippen LogP contribution in [-0.4, -0.2) is 103 Å². The van der Waals surface area contributed by atoms with Gasteiger partial charge in [-0.3, -0.25) is 0 Å². The monoisotopic (exact) mass is 972 g/mol. The second-order valence-electron chi connectivity index (χ2n) is 21.1. The molecule has 8 heterocycles. The minimum Gasteiger partial charge on any atom is -0.346 e. The van der Waals surface area contributed by atoms with Gasteiger partial charge in [-0.25, -0.2) is 0 Å². The predicted molar refractivity (Wildman–Crippen MR) is 300 cm³/mol. The van der Waals surface area contributed by atoms with Crippen molar-refractivity contribution >= 4 is 45.6 Å². The number of hydrogen-bond donors (Lipinski definition) is 0. The molecule has 0 saturated carbocycles. The zero-order valence-electron chi connectivity index (χ0n) is 41.7. The van der Waals surface area contributed by atoms with E-state index in [1.165, 1.54) is 90.1 Å². The summed E-state index contributed by atoms with van der Waals surface area (Å²) in [5, 5.41) is 0. The molecule has 364 valence electrons. The molecule has 4 atom stereocenters.